The summed E-state index contributed by atoms with van der Waals surface area (Å²) in [5.41, 5.74) is -0.229. The van der Waals surface area contributed by atoms with Gasteiger partial charge in [0.15, 0.2) is 0 Å². The van der Waals surface area contributed by atoms with Gasteiger partial charge < -0.3 is 25.2 Å². The van der Waals surface area contributed by atoms with Gasteiger partial charge in [-0.2, -0.15) is 13.2 Å². The molecule has 1 aromatic carbocycles. The van der Waals surface area contributed by atoms with Crippen LogP contribution in [0.1, 0.15) is 54.2 Å². The van der Waals surface area contributed by atoms with Crippen LogP contribution in [-0.4, -0.2) is 79.0 Å². The summed E-state index contributed by atoms with van der Waals surface area (Å²) in [6, 6.07) is 4.58. The van der Waals surface area contributed by atoms with Crippen molar-refractivity contribution in [3.63, 3.8) is 0 Å². The molecule has 0 bridgehead atoms. The summed E-state index contributed by atoms with van der Waals surface area (Å²) in [6.07, 6.45) is -0.512. The van der Waals surface area contributed by atoms with E-state index in [2.05, 4.69) is 20.6 Å². The average molecular weight is 551 g/mol. The molecule has 1 aromatic heterocycles. The number of hydrogen-bond acceptors (Lipinski definition) is 7. The molecule has 9 nitrogen and oxygen atoms in total. The number of amides is 2. The van der Waals surface area contributed by atoms with Gasteiger partial charge in [0, 0.05) is 44.9 Å². The van der Waals surface area contributed by atoms with E-state index in [0.29, 0.717) is 36.5 Å². The Hall–Kier alpha value is -3.41. The second-order valence-electron chi connectivity index (χ2n) is 10.1. The van der Waals surface area contributed by atoms with Crippen molar-refractivity contribution in [2.75, 3.05) is 46.7 Å². The van der Waals surface area contributed by atoms with Crippen molar-refractivity contribution in [2.45, 2.75) is 51.2 Å². The van der Waals surface area contributed by atoms with Crippen molar-refractivity contribution < 1.29 is 27.5 Å². The molecule has 214 valence electrons. The molecule has 0 aliphatic heterocycles. The highest BCUT2D eigenvalue weighted by molar-refractivity contribution is 5.95. The molecule has 0 spiro atoms. The first kappa shape index (κ1) is 30.1. The number of carbonyl (C=O) groups is 2. The smallest absolute Gasteiger partial charge is 0.419 e. The van der Waals surface area contributed by atoms with Gasteiger partial charge in [-0.25, -0.2) is 9.97 Å². The second kappa shape index (κ2) is 13.1. The number of rotatable bonds is 10. The molecule has 2 N–H and O–H groups in total. The number of nitrogens with zero attached hydrogens (tertiary/aromatic N) is 4. The monoisotopic (exact) mass is 550 g/mol. The third-order valence-corrected chi connectivity index (χ3v) is 7.05. The minimum atomic E-state index is -4.62. The lowest BCUT2D eigenvalue weighted by atomic mass is 9.80. The first-order valence-corrected chi connectivity index (χ1v) is 12.9. The van der Waals surface area contributed by atoms with E-state index in [4.69, 9.17) is 4.74 Å². The molecule has 2 amide bonds. The van der Waals surface area contributed by atoms with E-state index in [0.717, 1.165) is 25.5 Å². The van der Waals surface area contributed by atoms with Crippen LogP contribution in [0.2, 0.25) is 0 Å². The van der Waals surface area contributed by atoms with Crippen molar-refractivity contribution in [1.29, 1.82) is 0 Å². The highest BCUT2D eigenvalue weighted by Crippen LogP contribution is 2.36. The minimum Gasteiger partial charge on any atom is -0.495 e. The van der Waals surface area contributed by atoms with E-state index >= 15 is 0 Å². The number of nitrogens with one attached hydrogen (secondary N) is 2. The lowest BCUT2D eigenvalue weighted by Crippen LogP contribution is -2.43. The molecule has 1 fully saturated rings. The Labute approximate surface area is 227 Å². The molecular weight excluding hydrogens is 513 g/mol. The molecule has 3 rings (SSSR count). The molecule has 12 heteroatoms. The summed E-state index contributed by atoms with van der Waals surface area (Å²) >= 11 is 0. The summed E-state index contributed by atoms with van der Waals surface area (Å²) in [6.45, 7) is 2.62. The van der Waals surface area contributed by atoms with Crippen molar-refractivity contribution in [3.8, 4) is 5.75 Å². The standard InChI is InChI=1S/C27H37F3N6O3/c1-17(37)36(4)23-9-7-6-8-18(23)14-22-20(27(28,29)30)16-32-26(34-22)33-21-11-10-19(15-24(21)39-5)25(38)31-12-13-35(2)3/h10-11,15-16,18,23H,6-9,12-14H2,1-5H3,(H,31,38)(H,32,33,34)/t18-,23+/m0/s1. The number of alkyl halides is 3. The Morgan fingerprint density at radius 2 is 1.87 bits per heavy atom. The van der Waals surface area contributed by atoms with E-state index in [9.17, 15) is 22.8 Å². The Kier molecular flexibility index (Phi) is 10.1. The number of anilines is 2. The molecule has 1 heterocycles. The number of benzene rings is 1. The van der Waals surface area contributed by atoms with E-state index in [1.54, 1.807) is 30.1 Å². The van der Waals surface area contributed by atoms with Crippen molar-refractivity contribution in [1.82, 2.24) is 25.1 Å². The van der Waals surface area contributed by atoms with Crippen molar-refractivity contribution in [3.05, 3.63) is 41.2 Å². The Morgan fingerprint density at radius 1 is 1.15 bits per heavy atom. The molecule has 39 heavy (non-hydrogen) atoms. The van der Waals surface area contributed by atoms with Crippen LogP contribution in [0.3, 0.4) is 0 Å². The maximum atomic E-state index is 13.9. The third-order valence-electron chi connectivity index (χ3n) is 7.05. The predicted octanol–water partition coefficient (Wildman–Crippen LogP) is 4.12. The Morgan fingerprint density at radius 3 is 2.51 bits per heavy atom. The second-order valence-corrected chi connectivity index (χ2v) is 10.1. The lowest BCUT2D eigenvalue weighted by molar-refractivity contribution is -0.139. The highest BCUT2D eigenvalue weighted by atomic mass is 19.4. The van der Waals surface area contributed by atoms with Gasteiger partial charge in [0.1, 0.15) is 5.75 Å². The van der Waals surface area contributed by atoms with Crippen LogP contribution in [0.25, 0.3) is 0 Å². The molecule has 0 radical (unpaired) electrons. The van der Waals surface area contributed by atoms with Gasteiger partial charge in [0.25, 0.3) is 5.91 Å². The predicted molar refractivity (Wildman–Crippen MR) is 142 cm³/mol. The summed E-state index contributed by atoms with van der Waals surface area (Å²) in [5, 5.41) is 5.76. The molecule has 1 saturated carbocycles. The van der Waals surface area contributed by atoms with Gasteiger partial charge in [-0.1, -0.05) is 12.8 Å². The fourth-order valence-electron chi connectivity index (χ4n) is 4.84. The topological polar surface area (TPSA) is 99.7 Å². The largest absolute Gasteiger partial charge is 0.495 e. The first-order chi connectivity index (χ1) is 18.4. The number of halogens is 3. The Bertz CT molecular complexity index is 1160. The first-order valence-electron chi connectivity index (χ1n) is 12.9. The molecular formula is C27H37F3N6O3. The summed E-state index contributed by atoms with van der Waals surface area (Å²) in [4.78, 5) is 36.2. The molecule has 1 aliphatic rings. The zero-order valence-electron chi connectivity index (χ0n) is 23.1. The zero-order valence-corrected chi connectivity index (χ0v) is 23.1. The number of hydrogen-bond donors (Lipinski definition) is 2. The van der Waals surface area contributed by atoms with E-state index in [1.165, 1.54) is 14.0 Å². The summed E-state index contributed by atoms with van der Waals surface area (Å²) in [7, 11) is 6.94. The van der Waals surface area contributed by atoms with Crippen LogP contribution in [0.15, 0.2) is 24.4 Å². The highest BCUT2D eigenvalue weighted by Gasteiger charge is 2.37. The number of carbonyl (C=O) groups excluding carboxylic acids is 2. The van der Waals surface area contributed by atoms with Crippen LogP contribution in [-0.2, 0) is 17.4 Å². The minimum absolute atomic E-state index is 0.0215. The molecule has 2 aromatic rings. The number of aromatic nitrogens is 2. The van der Waals surface area contributed by atoms with Crippen LogP contribution in [0.5, 0.6) is 5.75 Å². The van der Waals surface area contributed by atoms with Gasteiger partial charge in [0.2, 0.25) is 11.9 Å². The van der Waals surface area contributed by atoms with Crippen LogP contribution in [0.4, 0.5) is 24.8 Å². The lowest BCUT2D eigenvalue weighted by Gasteiger charge is -2.37. The van der Waals surface area contributed by atoms with Crippen LogP contribution >= 0.6 is 0 Å². The fraction of sp³-hybridized carbons (Fsp3) is 0.556. The Balaban J connectivity index is 1.86. The van der Waals surface area contributed by atoms with E-state index in [-0.39, 0.29) is 41.8 Å². The molecule has 1 aliphatic carbocycles. The van der Waals surface area contributed by atoms with Gasteiger partial charge >= 0.3 is 6.18 Å². The number of ether oxygens (including phenoxy) is 1. The zero-order chi connectivity index (χ0) is 28.7. The van der Waals surface area contributed by atoms with Crippen LogP contribution < -0.4 is 15.4 Å². The van der Waals surface area contributed by atoms with E-state index < -0.39 is 11.7 Å². The average Bonchev–Trinajstić information content (AvgIpc) is 2.88. The molecule has 0 unspecified atom stereocenters. The number of likely N-dealkylation sites (N-methyl/N-ethyl adjacent to an activating group) is 1. The third kappa shape index (κ3) is 8.04. The van der Waals surface area contributed by atoms with Crippen LogP contribution in [0, 0.1) is 5.92 Å². The molecule has 2 atom stereocenters. The van der Waals surface area contributed by atoms with E-state index in [1.807, 2.05) is 19.0 Å². The van der Waals surface area contributed by atoms with Crippen molar-refractivity contribution in [2.24, 2.45) is 5.92 Å². The van der Waals surface area contributed by atoms with Gasteiger partial charge in [-0.15, -0.1) is 0 Å². The fourth-order valence-corrected chi connectivity index (χ4v) is 4.84. The van der Waals surface area contributed by atoms with Gasteiger partial charge in [-0.05, 0) is 57.5 Å². The summed E-state index contributed by atoms with van der Waals surface area (Å²) < 4.78 is 47.1. The molecule has 0 saturated heterocycles. The quantitative estimate of drug-likeness (QED) is 0.459. The maximum Gasteiger partial charge on any atom is 0.419 e. The maximum absolute atomic E-state index is 13.9. The van der Waals surface area contributed by atoms with Gasteiger partial charge in [0.05, 0.1) is 24.1 Å². The normalized spacial score (nSPS) is 17.6. The van der Waals surface area contributed by atoms with Gasteiger partial charge in [-0.3, -0.25) is 9.59 Å². The van der Waals surface area contributed by atoms with Crippen molar-refractivity contribution >= 4 is 23.5 Å². The summed E-state index contributed by atoms with van der Waals surface area (Å²) in [5.74, 6) is -0.249. The SMILES string of the molecule is COc1cc(C(=O)NCCN(C)C)ccc1Nc1ncc(C(F)(F)F)c(C[C@@H]2CCCC[C@H]2N(C)C(C)=O)n1. The number of methoxy groups -OCH3 is 1.